The van der Waals surface area contributed by atoms with Crippen LogP contribution in [0.5, 0.6) is 0 Å². The van der Waals surface area contributed by atoms with Crippen molar-refractivity contribution in [2.24, 2.45) is 0 Å². The first kappa shape index (κ1) is 28.0. The lowest BCUT2D eigenvalue weighted by Crippen LogP contribution is -2.25. The summed E-state index contributed by atoms with van der Waals surface area (Å²) in [6.45, 7) is 0. The molecule has 0 saturated heterocycles. The van der Waals surface area contributed by atoms with Gasteiger partial charge >= 0.3 is 0 Å². The van der Waals surface area contributed by atoms with Crippen LogP contribution in [0, 0.1) is 0 Å². The summed E-state index contributed by atoms with van der Waals surface area (Å²) < 4.78 is 17.8. The van der Waals surface area contributed by atoms with Crippen molar-refractivity contribution in [3.8, 4) is 11.1 Å². The fourth-order valence-corrected chi connectivity index (χ4v) is 10.7. The molecule has 2 aromatic heterocycles. The van der Waals surface area contributed by atoms with Crippen LogP contribution in [0.2, 0.25) is 0 Å². The van der Waals surface area contributed by atoms with Crippen LogP contribution < -0.4 is 15.9 Å². The van der Waals surface area contributed by atoms with Gasteiger partial charge < -0.3 is 4.57 Å². The maximum absolute atomic E-state index is 15.5. The van der Waals surface area contributed by atoms with Crippen molar-refractivity contribution in [3.63, 3.8) is 0 Å². The molecule has 0 N–H and O–H groups in total. The number of rotatable bonds is 4. The molecule has 0 atom stereocenters. The average Bonchev–Trinajstić information content (AvgIpc) is 3.57. The van der Waals surface area contributed by atoms with Crippen molar-refractivity contribution in [2.45, 2.75) is 0 Å². The monoisotopic (exact) mass is 644 g/mol. The molecule has 8 aromatic carbocycles. The predicted molar refractivity (Wildman–Crippen MR) is 208 cm³/mol. The Balaban J connectivity index is 1.27. The van der Waals surface area contributed by atoms with E-state index in [1.54, 1.807) is 0 Å². The molecule has 0 radical (unpaired) electrons. The van der Waals surface area contributed by atoms with Gasteiger partial charge in [-0.15, -0.1) is 0 Å². The van der Waals surface area contributed by atoms with Gasteiger partial charge in [0.15, 0.2) is 7.14 Å². The third-order valence-electron chi connectivity index (χ3n) is 10.0. The van der Waals surface area contributed by atoms with Crippen LogP contribution in [-0.4, -0.2) is 9.38 Å². The van der Waals surface area contributed by atoms with Crippen molar-refractivity contribution in [3.05, 3.63) is 176 Å². The maximum atomic E-state index is 15.5. The summed E-state index contributed by atoms with van der Waals surface area (Å²) >= 11 is 0. The number of hydrogen-bond acceptors (Lipinski definition) is 2. The molecule has 3 nitrogen and oxygen atoms in total. The van der Waals surface area contributed by atoms with E-state index in [1.807, 2.05) is 66.7 Å². The van der Waals surface area contributed by atoms with Gasteiger partial charge in [0, 0.05) is 26.7 Å². The lowest BCUT2D eigenvalue weighted by atomic mass is 9.95. The first-order valence-corrected chi connectivity index (χ1v) is 18.3. The smallest absolute Gasteiger partial charge is 0.171 e. The Hall–Kier alpha value is -6.02. The van der Waals surface area contributed by atoms with Gasteiger partial charge in [-0.1, -0.05) is 152 Å². The number of hydrogen-bond donors (Lipinski definition) is 0. The second kappa shape index (κ2) is 10.8. The van der Waals surface area contributed by atoms with Gasteiger partial charge in [0.1, 0.15) is 5.65 Å². The van der Waals surface area contributed by atoms with Crippen LogP contribution in [0.15, 0.2) is 176 Å². The Morgan fingerprint density at radius 1 is 0.469 bits per heavy atom. The Kier molecular flexibility index (Phi) is 6.15. The zero-order chi connectivity index (χ0) is 32.5. The number of nitrogens with zero attached hydrogens (tertiary/aromatic N) is 2. The number of pyridine rings is 1. The van der Waals surface area contributed by atoms with Crippen LogP contribution in [-0.2, 0) is 4.57 Å². The molecule has 0 unspecified atom stereocenters. The molecular formula is C45H29N2OP. The predicted octanol–water partition coefficient (Wildman–Crippen LogP) is 10.4. The second-order valence-electron chi connectivity index (χ2n) is 12.7. The molecule has 230 valence electrons. The van der Waals surface area contributed by atoms with E-state index in [-0.39, 0.29) is 0 Å². The van der Waals surface area contributed by atoms with Gasteiger partial charge in [0.2, 0.25) is 0 Å². The number of aromatic nitrogens is 2. The minimum absolute atomic E-state index is 0.832. The molecule has 2 heterocycles. The molecule has 0 amide bonds. The van der Waals surface area contributed by atoms with Gasteiger partial charge in [-0.25, -0.2) is 4.98 Å². The maximum Gasteiger partial charge on any atom is 0.171 e. The number of imidazole rings is 1. The van der Waals surface area contributed by atoms with E-state index in [2.05, 4.69) is 114 Å². The highest BCUT2D eigenvalue weighted by molar-refractivity contribution is 7.85. The summed E-state index contributed by atoms with van der Waals surface area (Å²) in [6, 6.07) is 60.7. The number of fused-ring (bicyclic) bond motifs is 11. The Morgan fingerprint density at radius 3 is 1.88 bits per heavy atom. The minimum atomic E-state index is -3.18. The van der Waals surface area contributed by atoms with Gasteiger partial charge in [-0.2, -0.15) is 0 Å². The molecule has 10 aromatic rings. The van der Waals surface area contributed by atoms with Crippen LogP contribution in [0.3, 0.4) is 0 Å². The Labute approximate surface area is 283 Å². The summed E-state index contributed by atoms with van der Waals surface area (Å²) in [5.74, 6) is 0. The third kappa shape index (κ3) is 4.10. The van der Waals surface area contributed by atoms with Crippen molar-refractivity contribution in [1.82, 2.24) is 9.38 Å². The SMILES string of the molecule is O=P(c1ccccc1)(c1ccccc1)c1ccc(-c2ccc3c4ccc5ccccc5c4c4nc5ccccc5n4c3c2)c2ccccc12. The van der Waals surface area contributed by atoms with E-state index in [1.165, 1.54) is 26.9 Å². The standard InChI is InChI=1S/C45H29N2OP/c48-49(32-14-3-1-4-15-32,33-16-5-2-6-17-33)43-28-27-34(36-19-9-10-20-38(36)43)31-24-25-37-39-26-23-30-13-7-8-18-35(30)44(39)45-46-40-21-11-12-22-41(40)47(45)42(37)29-31/h1-29H. The summed E-state index contributed by atoms with van der Waals surface area (Å²) in [5.41, 5.74) is 6.33. The van der Waals surface area contributed by atoms with E-state index in [4.69, 9.17) is 4.98 Å². The molecule has 0 bridgehead atoms. The normalized spacial score (nSPS) is 12.2. The minimum Gasteiger partial charge on any atom is -0.309 e. The zero-order valence-electron chi connectivity index (χ0n) is 26.5. The Bertz CT molecular complexity index is 2920. The lowest BCUT2D eigenvalue weighted by Gasteiger charge is -2.23. The van der Waals surface area contributed by atoms with Crippen LogP contribution in [0.1, 0.15) is 0 Å². The molecule has 10 rings (SSSR count). The third-order valence-corrected chi connectivity index (χ3v) is 13.2. The van der Waals surface area contributed by atoms with E-state index < -0.39 is 7.14 Å². The summed E-state index contributed by atoms with van der Waals surface area (Å²) in [4.78, 5) is 5.22. The van der Waals surface area contributed by atoms with Crippen LogP contribution in [0.4, 0.5) is 0 Å². The number of benzene rings is 8. The van der Waals surface area contributed by atoms with Crippen LogP contribution in [0.25, 0.3) is 71.0 Å². The van der Waals surface area contributed by atoms with Gasteiger partial charge in [0.05, 0.1) is 16.6 Å². The molecule has 0 aliphatic heterocycles. The summed E-state index contributed by atoms with van der Waals surface area (Å²) in [7, 11) is -3.18. The van der Waals surface area contributed by atoms with Gasteiger partial charge in [-0.3, -0.25) is 4.40 Å². The average molecular weight is 645 g/mol. The van der Waals surface area contributed by atoms with Crippen molar-refractivity contribution < 1.29 is 4.57 Å². The highest BCUT2D eigenvalue weighted by Crippen LogP contribution is 2.46. The van der Waals surface area contributed by atoms with Crippen molar-refractivity contribution in [1.29, 1.82) is 0 Å². The van der Waals surface area contributed by atoms with Crippen molar-refractivity contribution in [2.75, 3.05) is 0 Å². The summed E-state index contributed by atoms with van der Waals surface area (Å²) in [5, 5.41) is 10.5. The van der Waals surface area contributed by atoms with Gasteiger partial charge in [-0.05, 0) is 62.3 Å². The topological polar surface area (TPSA) is 34.4 Å². The van der Waals surface area contributed by atoms with Crippen molar-refractivity contribution >= 4 is 83.0 Å². The largest absolute Gasteiger partial charge is 0.309 e. The molecule has 4 heteroatoms. The molecule has 49 heavy (non-hydrogen) atoms. The van der Waals surface area contributed by atoms with E-state index in [9.17, 15) is 0 Å². The fraction of sp³-hybridized carbons (Fsp3) is 0. The van der Waals surface area contributed by atoms with Gasteiger partial charge in [0.25, 0.3) is 0 Å². The summed E-state index contributed by atoms with van der Waals surface area (Å²) in [6.07, 6.45) is 0. The molecule has 0 fully saturated rings. The fourth-order valence-electron chi connectivity index (χ4n) is 7.80. The first-order chi connectivity index (χ1) is 24.2. The van der Waals surface area contributed by atoms with E-state index in [0.717, 1.165) is 60.0 Å². The zero-order valence-corrected chi connectivity index (χ0v) is 27.4. The first-order valence-electron chi connectivity index (χ1n) is 16.6. The molecule has 0 aliphatic rings. The highest BCUT2D eigenvalue weighted by Gasteiger charge is 2.31. The molecule has 0 saturated carbocycles. The van der Waals surface area contributed by atoms with Crippen LogP contribution >= 0.6 is 7.14 Å². The molecule has 0 aliphatic carbocycles. The van der Waals surface area contributed by atoms with E-state index in [0.29, 0.717) is 0 Å². The molecular weight excluding hydrogens is 615 g/mol. The lowest BCUT2D eigenvalue weighted by molar-refractivity contribution is 0.592. The quantitative estimate of drug-likeness (QED) is 0.141. The highest BCUT2D eigenvalue weighted by atomic mass is 31.2. The second-order valence-corrected chi connectivity index (χ2v) is 15.4. The van der Waals surface area contributed by atoms with E-state index >= 15 is 4.57 Å². The Morgan fingerprint density at radius 2 is 1.10 bits per heavy atom. The number of para-hydroxylation sites is 2. The molecule has 0 spiro atoms.